The molecule has 1 atom stereocenters. The molecule has 0 amide bonds. The topological polar surface area (TPSA) is 26.3 Å². The third-order valence-corrected chi connectivity index (χ3v) is 2.49. The minimum absolute atomic E-state index is 0.208. The van der Waals surface area contributed by atoms with E-state index in [9.17, 15) is 4.79 Å². The van der Waals surface area contributed by atoms with Crippen LogP contribution in [-0.2, 0) is 9.53 Å². The number of carbonyl (C=O) groups is 1. The number of methoxy groups -OCH3 is 1. The van der Waals surface area contributed by atoms with Gasteiger partial charge >= 0.3 is 5.97 Å². The summed E-state index contributed by atoms with van der Waals surface area (Å²) in [6.07, 6.45) is 3.90. The molecule has 1 aliphatic rings. The zero-order valence-electron chi connectivity index (χ0n) is 5.76. The van der Waals surface area contributed by atoms with Crippen LogP contribution in [0.1, 0.15) is 12.8 Å². The third-order valence-electron chi connectivity index (χ3n) is 1.54. The molecule has 0 fully saturated rings. The van der Waals surface area contributed by atoms with Crippen LogP contribution in [0.15, 0.2) is 11.6 Å². The molecule has 0 N–H and O–H groups in total. The number of allylic oxidation sites excluding steroid dienone is 1. The SMILES string of the molecule is COC(=O)C1=CCCC1Br. The van der Waals surface area contributed by atoms with E-state index in [1.807, 2.05) is 6.08 Å². The number of rotatable bonds is 1. The van der Waals surface area contributed by atoms with Gasteiger partial charge in [0.2, 0.25) is 0 Å². The summed E-state index contributed by atoms with van der Waals surface area (Å²) >= 11 is 3.38. The third kappa shape index (κ3) is 1.40. The largest absolute Gasteiger partial charge is 0.466 e. The van der Waals surface area contributed by atoms with E-state index in [-0.39, 0.29) is 10.8 Å². The van der Waals surface area contributed by atoms with Crippen LogP contribution in [0.2, 0.25) is 0 Å². The summed E-state index contributed by atoms with van der Waals surface area (Å²) < 4.78 is 4.57. The van der Waals surface area contributed by atoms with Gasteiger partial charge in [-0.3, -0.25) is 0 Å². The van der Waals surface area contributed by atoms with Gasteiger partial charge in [-0.25, -0.2) is 4.79 Å². The quantitative estimate of drug-likeness (QED) is 0.480. The van der Waals surface area contributed by atoms with Crippen LogP contribution < -0.4 is 0 Å². The van der Waals surface area contributed by atoms with Gasteiger partial charge in [0, 0.05) is 10.4 Å². The van der Waals surface area contributed by atoms with Crippen LogP contribution in [0.4, 0.5) is 0 Å². The summed E-state index contributed by atoms with van der Waals surface area (Å²) in [7, 11) is 1.40. The van der Waals surface area contributed by atoms with Gasteiger partial charge in [-0.05, 0) is 12.8 Å². The molecular formula is C7H9BrO2. The molecule has 0 radical (unpaired) electrons. The zero-order valence-corrected chi connectivity index (χ0v) is 7.35. The van der Waals surface area contributed by atoms with Crippen molar-refractivity contribution in [1.82, 2.24) is 0 Å². The summed E-state index contributed by atoms with van der Waals surface area (Å²) in [4.78, 5) is 11.1. The van der Waals surface area contributed by atoms with Crippen LogP contribution in [0.5, 0.6) is 0 Å². The van der Waals surface area contributed by atoms with Crippen molar-refractivity contribution in [2.24, 2.45) is 0 Å². The van der Waals surface area contributed by atoms with Crippen molar-refractivity contribution in [2.75, 3.05) is 7.11 Å². The lowest BCUT2D eigenvalue weighted by atomic mass is 10.2. The molecular weight excluding hydrogens is 196 g/mol. The predicted octanol–water partition coefficient (Wildman–Crippen LogP) is 1.64. The van der Waals surface area contributed by atoms with Crippen molar-refractivity contribution in [2.45, 2.75) is 17.7 Å². The van der Waals surface area contributed by atoms with E-state index in [0.717, 1.165) is 18.4 Å². The van der Waals surface area contributed by atoms with Gasteiger partial charge in [-0.2, -0.15) is 0 Å². The van der Waals surface area contributed by atoms with Crippen LogP contribution in [-0.4, -0.2) is 17.9 Å². The van der Waals surface area contributed by atoms with Crippen LogP contribution in [0, 0.1) is 0 Å². The second kappa shape index (κ2) is 3.19. The number of esters is 1. The maximum atomic E-state index is 10.9. The lowest BCUT2D eigenvalue weighted by Gasteiger charge is -2.03. The van der Waals surface area contributed by atoms with Crippen molar-refractivity contribution in [3.63, 3.8) is 0 Å². The lowest BCUT2D eigenvalue weighted by Crippen LogP contribution is -2.10. The Morgan fingerprint density at radius 2 is 2.60 bits per heavy atom. The van der Waals surface area contributed by atoms with Crippen molar-refractivity contribution in [1.29, 1.82) is 0 Å². The Bertz CT molecular complexity index is 174. The number of alkyl halides is 1. The molecule has 0 aliphatic heterocycles. The molecule has 10 heavy (non-hydrogen) atoms. The van der Waals surface area contributed by atoms with Gasteiger partial charge < -0.3 is 4.74 Å². The second-order valence-corrected chi connectivity index (χ2v) is 3.30. The van der Waals surface area contributed by atoms with E-state index in [1.54, 1.807) is 0 Å². The fourth-order valence-electron chi connectivity index (χ4n) is 0.998. The predicted molar refractivity (Wildman–Crippen MR) is 42.0 cm³/mol. The molecule has 0 aromatic rings. The Labute approximate surface area is 68.4 Å². The first-order chi connectivity index (χ1) is 4.75. The number of halogens is 1. The molecule has 3 heteroatoms. The van der Waals surface area contributed by atoms with E-state index >= 15 is 0 Å². The van der Waals surface area contributed by atoms with Crippen LogP contribution in [0.25, 0.3) is 0 Å². The molecule has 0 aromatic carbocycles. The summed E-state index contributed by atoms with van der Waals surface area (Å²) in [6.45, 7) is 0. The minimum Gasteiger partial charge on any atom is -0.466 e. The Morgan fingerprint density at radius 1 is 1.90 bits per heavy atom. The maximum Gasteiger partial charge on any atom is 0.334 e. The van der Waals surface area contributed by atoms with Gasteiger partial charge in [0.15, 0.2) is 0 Å². The molecule has 0 saturated heterocycles. The molecule has 0 aromatic heterocycles. The van der Waals surface area contributed by atoms with Gasteiger partial charge in [-0.1, -0.05) is 22.0 Å². The van der Waals surface area contributed by atoms with Crippen molar-refractivity contribution in [3.05, 3.63) is 11.6 Å². The van der Waals surface area contributed by atoms with Crippen LogP contribution >= 0.6 is 15.9 Å². The monoisotopic (exact) mass is 204 g/mol. The summed E-state index contributed by atoms with van der Waals surface area (Å²) in [5.74, 6) is -0.209. The maximum absolute atomic E-state index is 10.9. The Hall–Kier alpha value is -0.310. The molecule has 0 spiro atoms. The normalized spacial score (nSPS) is 24.2. The Balaban J connectivity index is 2.63. The van der Waals surface area contributed by atoms with E-state index in [2.05, 4.69) is 20.7 Å². The number of hydrogen-bond acceptors (Lipinski definition) is 2. The van der Waals surface area contributed by atoms with Gasteiger partial charge in [-0.15, -0.1) is 0 Å². The highest BCUT2D eigenvalue weighted by atomic mass is 79.9. The molecule has 1 rings (SSSR count). The smallest absolute Gasteiger partial charge is 0.334 e. The minimum atomic E-state index is -0.209. The van der Waals surface area contributed by atoms with Crippen molar-refractivity contribution < 1.29 is 9.53 Å². The first-order valence-corrected chi connectivity index (χ1v) is 4.09. The van der Waals surface area contributed by atoms with E-state index in [4.69, 9.17) is 0 Å². The summed E-state index contributed by atoms with van der Waals surface area (Å²) in [5, 5.41) is 0. The van der Waals surface area contributed by atoms with Crippen molar-refractivity contribution in [3.8, 4) is 0 Å². The average molecular weight is 205 g/mol. The number of carbonyl (C=O) groups excluding carboxylic acids is 1. The summed E-state index contributed by atoms with van der Waals surface area (Å²) in [6, 6.07) is 0. The molecule has 0 heterocycles. The van der Waals surface area contributed by atoms with Gasteiger partial charge in [0.1, 0.15) is 0 Å². The highest BCUT2D eigenvalue weighted by Gasteiger charge is 2.22. The van der Waals surface area contributed by atoms with Crippen LogP contribution in [0.3, 0.4) is 0 Å². The number of hydrogen-bond donors (Lipinski definition) is 0. The molecule has 2 nitrogen and oxygen atoms in total. The van der Waals surface area contributed by atoms with Gasteiger partial charge in [0.05, 0.1) is 7.11 Å². The van der Waals surface area contributed by atoms with Gasteiger partial charge in [0.25, 0.3) is 0 Å². The standard InChI is InChI=1S/C7H9BrO2/c1-10-7(9)5-3-2-4-6(5)8/h3,6H,2,4H2,1H3. The molecule has 1 unspecified atom stereocenters. The molecule has 1 aliphatic carbocycles. The van der Waals surface area contributed by atoms with E-state index < -0.39 is 0 Å². The first-order valence-electron chi connectivity index (χ1n) is 3.18. The molecule has 0 bridgehead atoms. The highest BCUT2D eigenvalue weighted by Crippen LogP contribution is 2.26. The highest BCUT2D eigenvalue weighted by molar-refractivity contribution is 9.09. The fourth-order valence-corrected chi connectivity index (χ4v) is 1.64. The van der Waals surface area contributed by atoms with E-state index in [0.29, 0.717) is 0 Å². The average Bonchev–Trinajstić information content (AvgIpc) is 2.34. The summed E-state index contributed by atoms with van der Waals surface area (Å²) in [5.41, 5.74) is 0.766. The lowest BCUT2D eigenvalue weighted by molar-refractivity contribution is -0.136. The first kappa shape index (κ1) is 7.79. The fraction of sp³-hybridized carbons (Fsp3) is 0.571. The zero-order chi connectivity index (χ0) is 7.56. The molecule has 0 saturated carbocycles. The molecule has 56 valence electrons. The number of ether oxygens (including phenoxy) is 1. The Morgan fingerprint density at radius 3 is 3.00 bits per heavy atom. The van der Waals surface area contributed by atoms with E-state index in [1.165, 1.54) is 7.11 Å². The van der Waals surface area contributed by atoms with Crippen molar-refractivity contribution >= 4 is 21.9 Å². The second-order valence-electron chi connectivity index (χ2n) is 2.20. The Kier molecular flexibility index (Phi) is 2.49.